The summed E-state index contributed by atoms with van der Waals surface area (Å²) in [6.07, 6.45) is 4.01. The SMILES string of the molecule is O=[N+]([O-])c1cccc(OCC(O)CNC2CCc3[nH]ncc3C2)c1. The van der Waals surface area contributed by atoms with Gasteiger partial charge in [-0.15, -0.1) is 0 Å². The normalized spacial score (nSPS) is 18.0. The summed E-state index contributed by atoms with van der Waals surface area (Å²) in [7, 11) is 0. The van der Waals surface area contributed by atoms with E-state index in [-0.39, 0.29) is 12.3 Å². The number of rotatable bonds is 7. The number of H-pyrrole nitrogens is 1. The summed E-state index contributed by atoms with van der Waals surface area (Å²) in [4.78, 5) is 10.2. The number of aromatic nitrogens is 2. The molecule has 0 radical (unpaired) electrons. The van der Waals surface area contributed by atoms with Gasteiger partial charge in [0, 0.05) is 24.3 Å². The molecule has 0 saturated carbocycles. The third kappa shape index (κ3) is 4.09. The van der Waals surface area contributed by atoms with Crippen LogP contribution in [-0.2, 0) is 12.8 Å². The van der Waals surface area contributed by atoms with Crippen LogP contribution in [0, 0.1) is 10.1 Å². The number of nitro groups is 1. The quantitative estimate of drug-likeness (QED) is 0.519. The van der Waals surface area contributed by atoms with Gasteiger partial charge in [-0.2, -0.15) is 5.10 Å². The number of fused-ring (bicyclic) bond motifs is 1. The zero-order valence-electron chi connectivity index (χ0n) is 13.1. The van der Waals surface area contributed by atoms with E-state index in [1.54, 1.807) is 12.1 Å². The van der Waals surface area contributed by atoms with Crippen LogP contribution in [0.25, 0.3) is 0 Å². The first-order valence-corrected chi connectivity index (χ1v) is 7.91. The van der Waals surface area contributed by atoms with E-state index in [4.69, 9.17) is 4.74 Å². The molecule has 1 aromatic heterocycles. The molecule has 2 atom stereocenters. The lowest BCUT2D eigenvalue weighted by molar-refractivity contribution is -0.384. The Morgan fingerprint density at radius 2 is 2.42 bits per heavy atom. The molecule has 8 heteroatoms. The van der Waals surface area contributed by atoms with Crippen molar-refractivity contribution in [3.63, 3.8) is 0 Å². The lowest BCUT2D eigenvalue weighted by atomic mass is 9.93. The van der Waals surface area contributed by atoms with Gasteiger partial charge in [0.15, 0.2) is 0 Å². The molecule has 8 nitrogen and oxygen atoms in total. The molecule has 1 aromatic carbocycles. The van der Waals surface area contributed by atoms with Crippen LogP contribution >= 0.6 is 0 Å². The molecule has 0 bridgehead atoms. The van der Waals surface area contributed by atoms with Crippen molar-refractivity contribution in [3.8, 4) is 5.75 Å². The molecule has 128 valence electrons. The number of nitrogens with zero attached hydrogens (tertiary/aromatic N) is 2. The van der Waals surface area contributed by atoms with Gasteiger partial charge in [-0.1, -0.05) is 6.07 Å². The zero-order valence-corrected chi connectivity index (χ0v) is 13.1. The molecule has 0 aliphatic heterocycles. The third-order valence-corrected chi connectivity index (χ3v) is 4.13. The zero-order chi connectivity index (χ0) is 16.9. The molecule has 1 aliphatic carbocycles. The van der Waals surface area contributed by atoms with Crippen LogP contribution in [-0.4, -0.2) is 45.5 Å². The van der Waals surface area contributed by atoms with E-state index in [1.807, 2.05) is 6.20 Å². The molecule has 1 aliphatic rings. The van der Waals surface area contributed by atoms with Crippen molar-refractivity contribution in [3.05, 3.63) is 51.8 Å². The maximum atomic E-state index is 10.7. The van der Waals surface area contributed by atoms with E-state index in [2.05, 4.69) is 15.5 Å². The van der Waals surface area contributed by atoms with Crippen LogP contribution in [0.4, 0.5) is 5.69 Å². The van der Waals surface area contributed by atoms with E-state index in [0.717, 1.165) is 19.3 Å². The second-order valence-corrected chi connectivity index (χ2v) is 5.94. The molecular formula is C16H20N4O4. The summed E-state index contributed by atoms with van der Waals surface area (Å²) in [5.41, 5.74) is 2.39. The van der Waals surface area contributed by atoms with Crippen molar-refractivity contribution >= 4 is 5.69 Å². The van der Waals surface area contributed by atoms with Gasteiger partial charge in [0.25, 0.3) is 5.69 Å². The molecule has 2 unspecified atom stereocenters. The summed E-state index contributed by atoms with van der Waals surface area (Å²) < 4.78 is 5.43. The largest absolute Gasteiger partial charge is 0.491 e. The summed E-state index contributed by atoms with van der Waals surface area (Å²) in [6, 6.07) is 6.25. The number of hydrogen-bond donors (Lipinski definition) is 3. The van der Waals surface area contributed by atoms with Gasteiger partial charge >= 0.3 is 0 Å². The van der Waals surface area contributed by atoms with Gasteiger partial charge in [0.2, 0.25) is 0 Å². The van der Waals surface area contributed by atoms with Crippen molar-refractivity contribution < 1.29 is 14.8 Å². The highest BCUT2D eigenvalue weighted by atomic mass is 16.6. The summed E-state index contributed by atoms with van der Waals surface area (Å²) >= 11 is 0. The Morgan fingerprint density at radius 1 is 1.54 bits per heavy atom. The van der Waals surface area contributed by atoms with Crippen LogP contribution in [0.5, 0.6) is 5.75 Å². The molecule has 3 N–H and O–H groups in total. The molecule has 0 amide bonds. The second kappa shape index (κ2) is 7.41. The summed E-state index contributed by atoms with van der Waals surface area (Å²) in [6.45, 7) is 0.491. The van der Waals surface area contributed by atoms with Gasteiger partial charge in [0.1, 0.15) is 18.5 Å². The van der Waals surface area contributed by atoms with E-state index in [1.165, 1.54) is 23.4 Å². The van der Waals surface area contributed by atoms with Crippen LogP contribution in [0.15, 0.2) is 30.5 Å². The molecule has 24 heavy (non-hydrogen) atoms. The summed E-state index contributed by atoms with van der Waals surface area (Å²) in [5.74, 6) is 0.379. The Morgan fingerprint density at radius 3 is 3.25 bits per heavy atom. The Bertz CT molecular complexity index is 703. The molecule has 0 fully saturated rings. The maximum absolute atomic E-state index is 10.7. The van der Waals surface area contributed by atoms with Crippen molar-refractivity contribution in [2.45, 2.75) is 31.4 Å². The monoisotopic (exact) mass is 332 g/mol. The molecule has 0 spiro atoms. The van der Waals surface area contributed by atoms with Gasteiger partial charge in [-0.25, -0.2) is 0 Å². The first kappa shape index (κ1) is 16.4. The van der Waals surface area contributed by atoms with Crippen molar-refractivity contribution in [1.82, 2.24) is 15.5 Å². The predicted molar refractivity (Wildman–Crippen MR) is 87.0 cm³/mol. The summed E-state index contributed by atoms with van der Waals surface area (Å²) in [5, 5.41) is 31.1. The highest BCUT2D eigenvalue weighted by molar-refractivity contribution is 5.37. The minimum atomic E-state index is -0.685. The van der Waals surface area contributed by atoms with E-state index >= 15 is 0 Å². The number of aryl methyl sites for hydroxylation is 1. The first-order chi connectivity index (χ1) is 11.6. The van der Waals surface area contributed by atoms with E-state index in [0.29, 0.717) is 18.3 Å². The number of benzene rings is 1. The number of hydrogen-bond acceptors (Lipinski definition) is 6. The smallest absolute Gasteiger partial charge is 0.273 e. The average Bonchev–Trinajstić information content (AvgIpc) is 3.06. The molecule has 1 heterocycles. The average molecular weight is 332 g/mol. The van der Waals surface area contributed by atoms with Crippen LogP contribution < -0.4 is 10.1 Å². The number of aliphatic hydroxyl groups excluding tert-OH is 1. The highest BCUT2D eigenvalue weighted by Crippen LogP contribution is 2.20. The molecule has 2 aromatic rings. The fourth-order valence-electron chi connectivity index (χ4n) is 2.83. The minimum absolute atomic E-state index is 0.0294. The Hall–Kier alpha value is -2.45. The van der Waals surface area contributed by atoms with E-state index in [9.17, 15) is 15.2 Å². The van der Waals surface area contributed by atoms with Gasteiger partial charge in [-0.05, 0) is 30.9 Å². The fourth-order valence-corrected chi connectivity index (χ4v) is 2.83. The number of aliphatic hydroxyl groups is 1. The number of nitrogens with one attached hydrogen (secondary N) is 2. The second-order valence-electron chi connectivity index (χ2n) is 5.94. The Labute approximate surface area is 139 Å². The molecule has 3 rings (SSSR count). The van der Waals surface area contributed by atoms with Crippen molar-refractivity contribution in [2.24, 2.45) is 0 Å². The Kier molecular flexibility index (Phi) is 5.07. The first-order valence-electron chi connectivity index (χ1n) is 7.91. The van der Waals surface area contributed by atoms with Gasteiger partial charge < -0.3 is 15.2 Å². The number of non-ortho nitro benzene ring substituents is 1. The lowest BCUT2D eigenvalue weighted by Gasteiger charge is -2.24. The third-order valence-electron chi connectivity index (χ3n) is 4.13. The van der Waals surface area contributed by atoms with Crippen LogP contribution in [0.3, 0.4) is 0 Å². The minimum Gasteiger partial charge on any atom is -0.491 e. The van der Waals surface area contributed by atoms with Crippen molar-refractivity contribution in [2.75, 3.05) is 13.2 Å². The number of aromatic amines is 1. The Balaban J connectivity index is 1.42. The fraction of sp³-hybridized carbons (Fsp3) is 0.438. The van der Waals surface area contributed by atoms with Gasteiger partial charge in [-0.3, -0.25) is 15.2 Å². The van der Waals surface area contributed by atoms with Crippen LogP contribution in [0.2, 0.25) is 0 Å². The lowest BCUT2D eigenvalue weighted by Crippen LogP contribution is -2.40. The van der Waals surface area contributed by atoms with Gasteiger partial charge in [0.05, 0.1) is 17.2 Å². The number of ether oxygens (including phenoxy) is 1. The van der Waals surface area contributed by atoms with Crippen molar-refractivity contribution in [1.29, 1.82) is 0 Å². The number of nitro benzene ring substituents is 1. The highest BCUT2D eigenvalue weighted by Gasteiger charge is 2.20. The predicted octanol–water partition coefficient (Wildman–Crippen LogP) is 1.20. The standard InChI is InChI=1S/C16H20N4O4/c21-14(10-24-15-3-1-2-13(7-15)20(22)23)9-17-12-4-5-16-11(6-12)8-18-19-16/h1-3,7-8,12,14,17,21H,4-6,9-10H2,(H,18,19). The van der Waals surface area contributed by atoms with E-state index < -0.39 is 11.0 Å². The van der Waals surface area contributed by atoms with Crippen LogP contribution in [0.1, 0.15) is 17.7 Å². The maximum Gasteiger partial charge on any atom is 0.273 e. The topological polar surface area (TPSA) is 113 Å². The molecular weight excluding hydrogens is 312 g/mol. The molecule has 0 saturated heterocycles.